The second-order valence-electron chi connectivity index (χ2n) is 6.22. The number of hydrogen-bond acceptors (Lipinski definition) is 3. The molecule has 4 nitrogen and oxygen atoms in total. The lowest BCUT2D eigenvalue weighted by atomic mass is 10.1. The van der Waals surface area contributed by atoms with Gasteiger partial charge in [0.1, 0.15) is 23.7 Å². The van der Waals surface area contributed by atoms with Crippen LogP contribution < -0.4 is 0 Å². The number of nitrogens with zero attached hydrogens (tertiary/aromatic N) is 1. The zero-order valence-electron chi connectivity index (χ0n) is 12.5. The van der Waals surface area contributed by atoms with E-state index in [9.17, 15) is 14.0 Å². The smallest absolute Gasteiger partial charge is 0.411 e. The highest BCUT2D eigenvalue weighted by Crippen LogP contribution is 2.35. The van der Waals surface area contributed by atoms with Crippen LogP contribution in [0.5, 0.6) is 0 Å². The van der Waals surface area contributed by atoms with Crippen LogP contribution in [0.1, 0.15) is 45.2 Å². The summed E-state index contributed by atoms with van der Waals surface area (Å²) in [7, 11) is 0. The van der Waals surface area contributed by atoms with Crippen molar-refractivity contribution in [2.75, 3.05) is 0 Å². The van der Waals surface area contributed by atoms with Gasteiger partial charge in [-0.1, -0.05) is 18.2 Å². The molecule has 2 rings (SSSR count). The SMILES string of the molecule is CC(C)(C)OC(=O)N(C1CC1)C(C=O)c1ccccc1F. The van der Waals surface area contributed by atoms with E-state index in [1.54, 1.807) is 32.9 Å². The molecule has 0 aromatic heterocycles. The molecule has 1 atom stereocenters. The number of aldehydes is 1. The lowest BCUT2D eigenvalue weighted by Crippen LogP contribution is -2.41. The first-order valence-electron chi connectivity index (χ1n) is 7.04. The summed E-state index contributed by atoms with van der Waals surface area (Å²) in [6.07, 6.45) is 1.63. The summed E-state index contributed by atoms with van der Waals surface area (Å²) in [6, 6.07) is 4.99. The number of hydrogen-bond donors (Lipinski definition) is 0. The fourth-order valence-electron chi connectivity index (χ4n) is 2.16. The van der Waals surface area contributed by atoms with Gasteiger partial charge >= 0.3 is 6.09 Å². The zero-order valence-corrected chi connectivity index (χ0v) is 12.5. The molecule has 1 unspecified atom stereocenters. The summed E-state index contributed by atoms with van der Waals surface area (Å²) < 4.78 is 19.3. The lowest BCUT2D eigenvalue weighted by molar-refractivity contribution is -0.113. The van der Waals surface area contributed by atoms with Crippen molar-refractivity contribution in [1.29, 1.82) is 0 Å². The maximum Gasteiger partial charge on any atom is 0.411 e. The van der Waals surface area contributed by atoms with Gasteiger partial charge in [-0.05, 0) is 39.7 Å². The average Bonchev–Trinajstić information content (AvgIpc) is 3.19. The van der Waals surface area contributed by atoms with E-state index < -0.39 is 23.6 Å². The molecule has 0 radical (unpaired) electrons. The molecule has 0 heterocycles. The maximum atomic E-state index is 13.9. The Kier molecular flexibility index (Phi) is 4.30. The summed E-state index contributed by atoms with van der Waals surface area (Å²) in [5.74, 6) is -0.496. The largest absolute Gasteiger partial charge is 0.444 e. The minimum absolute atomic E-state index is 0.0605. The third-order valence-electron chi connectivity index (χ3n) is 3.20. The molecule has 1 aliphatic rings. The Morgan fingerprint density at radius 3 is 2.48 bits per heavy atom. The Balaban J connectivity index is 2.30. The second kappa shape index (κ2) is 5.84. The molecule has 0 N–H and O–H groups in total. The molecule has 1 aromatic carbocycles. The van der Waals surface area contributed by atoms with Gasteiger partial charge in [-0.25, -0.2) is 9.18 Å². The third-order valence-corrected chi connectivity index (χ3v) is 3.20. The second-order valence-corrected chi connectivity index (χ2v) is 6.22. The Morgan fingerprint density at radius 2 is 2.00 bits per heavy atom. The van der Waals surface area contributed by atoms with Crippen molar-refractivity contribution in [2.45, 2.75) is 51.3 Å². The van der Waals surface area contributed by atoms with Crippen LogP contribution in [-0.4, -0.2) is 28.9 Å². The van der Waals surface area contributed by atoms with Crippen molar-refractivity contribution >= 4 is 12.4 Å². The molecular weight excluding hydrogens is 273 g/mol. The molecule has 1 fully saturated rings. The number of carbonyl (C=O) groups is 2. The monoisotopic (exact) mass is 293 g/mol. The van der Waals surface area contributed by atoms with Crippen molar-refractivity contribution in [3.63, 3.8) is 0 Å². The van der Waals surface area contributed by atoms with Gasteiger partial charge in [0, 0.05) is 11.6 Å². The average molecular weight is 293 g/mol. The van der Waals surface area contributed by atoms with Gasteiger partial charge in [0.05, 0.1) is 0 Å². The van der Waals surface area contributed by atoms with Crippen LogP contribution in [0.25, 0.3) is 0 Å². The van der Waals surface area contributed by atoms with E-state index >= 15 is 0 Å². The highest BCUT2D eigenvalue weighted by Gasteiger charge is 2.41. The molecule has 0 saturated heterocycles. The Labute approximate surface area is 123 Å². The molecule has 21 heavy (non-hydrogen) atoms. The first kappa shape index (κ1) is 15.5. The Bertz CT molecular complexity index is 535. The first-order chi connectivity index (χ1) is 9.83. The van der Waals surface area contributed by atoms with Crippen molar-refractivity contribution in [1.82, 2.24) is 4.90 Å². The summed E-state index contributed by atoms with van der Waals surface area (Å²) in [6.45, 7) is 5.28. The minimum atomic E-state index is -0.950. The van der Waals surface area contributed by atoms with Crippen molar-refractivity contribution < 1.29 is 18.7 Å². The number of amides is 1. The molecule has 1 aromatic rings. The van der Waals surface area contributed by atoms with E-state index in [2.05, 4.69) is 0 Å². The predicted molar refractivity (Wildman–Crippen MR) is 76.3 cm³/mol. The normalized spacial score (nSPS) is 16.2. The van der Waals surface area contributed by atoms with Crippen molar-refractivity contribution in [3.05, 3.63) is 35.6 Å². The summed E-state index contributed by atoms with van der Waals surface area (Å²) in [4.78, 5) is 25.2. The first-order valence-corrected chi connectivity index (χ1v) is 7.04. The standard InChI is InChI=1S/C16H20FNO3/c1-16(2,3)21-15(20)18(11-8-9-11)14(10-19)12-6-4-5-7-13(12)17/h4-7,10-11,14H,8-9H2,1-3H3. The van der Waals surface area contributed by atoms with E-state index in [0.717, 1.165) is 12.8 Å². The topological polar surface area (TPSA) is 46.6 Å². The van der Waals surface area contributed by atoms with Gasteiger partial charge in [0.15, 0.2) is 0 Å². The highest BCUT2D eigenvalue weighted by molar-refractivity contribution is 5.75. The van der Waals surface area contributed by atoms with Gasteiger partial charge < -0.3 is 9.53 Å². The number of benzene rings is 1. The zero-order chi connectivity index (χ0) is 15.6. The Morgan fingerprint density at radius 1 is 1.38 bits per heavy atom. The van der Waals surface area contributed by atoms with E-state index in [1.807, 2.05) is 0 Å². The van der Waals surface area contributed by atoms with Crippen molar-refractivity contribution in [3.8, 4) is 0 Å². The highest BCUT2D eigenvalue weighted by atomic mass is 19.1. The quantitative estimate of drug-likeness (QED) is 0.799. The van der Waals surface area contributed by atoms with Gasteiger partial charge in [0.2, 0.25) is 0 Å². The van der Waals surface area contributed by atoms with E-state index in [-0.39, 0.29) is 11.6 Å². The molecule has 0 aliphatic heterocycles. The minimum Gasteiger partial charge on any atom is -0.444 e. The molecular formula is C16H20FNO3. The van der Waals surface area contributed by atoms with Gasteiger partial charge in [-0.15, -0.1) is 0 Å². The van der Waals surface area contributed by atoms with Crippen LogP contribution in [-0.2, 0) is 9.53 Å². The van der Waals surface area contributed by atoms with Crippen molar-refractivity contribution in [2.24, 2.45) is 0 Å². The number of ether oxygens (including phenoxy) is 1. The molecule has 1 saturated carbocycles. The molecule has 114 valence electrons. The lowest BCUT2D eigenvalue weighted by Gasteiger charge is -2.31. The summed E-state index contributed by atoms with van der Waals surface area (Å²) in [5, 5.41) is 0. The van der Waals surface area contributed by atoms with E-state index in [4.69, 9.17) is 4.74 Å². The van der Waals surface area contributed by atoms with Crippen LogP contribution in [0, 0.1) is 5.82 Å². The predicted octanol–water partition coefficient (Wildman–Crippen LogP) is 3.47. The summed E-state index contributed by atoms with van der Waals surface area (Å²) >= 11 is 0. The van der Waals surface area contributed by atoms with Gasteiger partial charge in [-0.2, -0.15) is 0 Å². The maximum absolute atomic E-state index is 13.9. The fourth-order valence-corrected chi connectivity index (χ4v) is 2.16. The molecule has 5 heteroatoms. The molecule has 1 aliphatic carbocycles. The fraction of sp³-hybridized carbons (Fsp3) is 0.500. The van der Waals surface area contributed by atoms with Gasteiger partial charge in [-0.3, -0.25) is 4.90 Å². The van der Waals surface area contributed by atoms with Crippen LogP contribution in [0.2, 0.25) is 0 Å². The molecule has 1 amide bonds. The molecule has 0 spiro atoms. The van der Waals surface area contributed by atoms with Crippen LogP contribution in [0.3, 0.4) is 0 Å². The van der Waals surface area contributed by atoms with E-state index in [0.29, 0.717) is 6.29 Å². The number of carbonyl (C=O) groups excluding carboxylic acids is 2. The van der Waals surface area contributed by atoms with Crippen LogP contribution in [0.4, 0.5) is 9.18 Å². The number of halogens is 1. The Hall–Kier alpha value is -1.91. The third kappa shape index (κ3) is 3.80. The number of rotatable bonds is 4. The summed E-state index contributed by atoms with van der Waals surface area (Å²) in [5.41, 5.74) is -0.461. The van der Waals surface area contributed by atoms with Crippen LogP contribution in [0.15, 0.2) is 24.3 Å². The van der Waals surface area contributed by atoms with Gasteiger partial charge in [0.25, 0.3) is 0 Å². The van der Waals surface area contributed by atoms with Crippen LogP contribution >= 0.6 is 0 Å². The van der Waals surface area contributed by atoms with E-state index in [1.165, 1.54) is 17.0 Å². The molecule has 0 bridgehead atoms.